The number of carbonyl (C=O) groups excluding carboxylic acids is 2. The van der Waals surface area contributed by atoms with Crippen LogP contribution in [0.1, 0.15) is 22.3 Å². The highest BCUT2D eigenvalue weighted by Crippen LogP contribution is 2.37. The number of methoxy groups -OCH3 is 1. The van der Waals surface area contributed by atoms with Gasteiger partial charge in [0.15, 0.2) is 11.5 Å². The van der Waals surface area contributed by atoms with Crippen LogP contribution in [-0.4, -0.2) is 25.1 Å². The third-order valence-corrected chi connectivity index (χ3v) is 5.69. The van der Waals surface area contributed by atoms with E-state index in [0.717, 1.165) is 16.7 Å². The zero-order chi connectivity index (χ0) is 24.7. The maximum absolute atomic E-state index is 12.2. The van der Waals surface area contributed by atoms with Gasteiger partial charge in [-0.2, -0.15) is 5.10 Å². The van der Waals surface area contributed by atoms with Crippen LogP contribution in [0.3, 0.4) is 0 Å². The standard InChI is InChI=1S/C25H23BrClN3O4/c1-15-5-4-6-16(2)22(15)29-24(31)25(32)30-28-13-18-11-20(26)23(21(12-18)33-3)34-14-17-7-9-19(27)10-8-17/h4-13H,14H2,1-3H3,(H,29,31)(H,30,32)/b28-13+. The second kappa shape index (κ2) is 11.7. The van der Waals surface area contributed by atoms with Crippen LogP contribution in [0, 0.1) is 13.8 Å². The minimum absolute atomic E-state index is 0.325. The number of aryl methyl sites for hydroxylation is 2. The molecule has 176 valence electrons. The van der Waals surface area contributed by atoms with Crippen LogP contribution >= 0.6 is 27.5 Å². The van der Waals surface area contributed by atoms with Crippen LogP contribution in [0.4, 0.5) is 5.69 Å². The van der Waals surface area contributed by atoms with E-state index in [0.29, 0.717) is 38.9 Å². The van der Waals surface area contributed by atoms with E-state index in [1.165, 1.54) is 13.3 Å². The first kappa shape index (κ1) is 25.3. The smallest absolute Gasteiger partial charge is 0.329 e. The van der Waals surface area contributed by atoms with Gasteiger partial charge in [-0.3, -0.25) is 9.59 Å². The zero-order valence-electron chi connectivity index (χ0n) is 18.8. The Kier molecular flexibility index (Phi) is 8.67. The van der Waals surface area contributed by atoms with Crippen LogP contribution in [0.5, 0.6) is 11.5 Å². The number of amides is 2. The first-order chi connectivity index (χ1) is 16.3. The van der Waals surface area contributed by atoms with Gasteiger partial charge in [-0.25, -0.2) is 5.43 Å². The number of benzene rings is 3. The van der Waals surface area contributed by atoms with E-state index in [1.807, 2.05) is 44.2 Å². The highest BCUT2D eigenvalue weighted by molar-refractivity contribution is 9.10. The molecule has 0 heterocycles. The first-order valence-electron chi connectivity index (χ1n) is 10.2. The van der Waals surface area contributed by atoms with E-state index < -0.39 is 11.8 Å². The summed E-state index contributed by atoms with van der Waals surface area (Å²) in [4.78, 5) is 24.4. The Labute approximate surface area is 211 Å². The normalized spacial score (nSPS) is 10.7. The molecule has 3 aromatic rings. The molecule has 0 unspecified atom stereocenters. The predicted molar refractivity (Wildman–Crippen MR) is 137 cm³/mol. The van der Waals surface area contributed by atoms with Crippen molar-refractivity contribution >= 4 is 51.2 Å². The molecule has 3 rings (SSSR count). The van der Waals surface area contributed by atoms with E-state index in [-0.39, 0.29) is 0 Å². The van der Waals surface area contributed by atoms with Crippen LogP contribution in [0.25, 0.3) is 0 Å². The van der Waals surface area contributed by atoms with Gasteiger partial charge in [0.25, 0.3) is 0 Å². The van der Waals surface area contributed by atoms with Crippen LogP contribution in [-0.2, 0) is 16.2 Å². The summed E-state index contributed by atoms with van der Waals surface area (Å²) in [7, 11) is 1.53. The van der Waals surface area contributed by atoms with Crippen molar-refractivity contribution in [3.05, 3.63) is 86.3 Å². The zero-order valence-corrected chi connectivity index (χ0v) is 21.2. The van der Waals surface area contributed by atoms with Gasteiger partial charge in [0.05, 0.1) is 17.8 Å². The van der Waals surface area contributed by atoms with Crippen LogP contribution < -0.4 is 20.2 Å². The van der Waals surface area contributed by atoms with Crippen molar-refractivity contribution in [1.82, 2.24) is 5.43 Å². The summed E-state index contributed by atoms with van der Waals surface area (Å²) in [5.74, 6) is -0.692. The van der Waals surface area contributed by atoms with Crippen molar-refractivity contribution in [2.24, 2.45) is 5.10 Å². The largest absolute Gasteiger partial charge is 0.493 e. The SMILES string of the molecule is COc1cc(/C=N/NC(=O)C(=O)Nc2c(C)cccc2C)cc(Br)c1OCc1ccc(Cl)cc1. The van der Waals surface area contributed by atoms with Gasteiger partial charge in [0.1, 0.15) is 6.61 Å². The second-order valence-electron chi connectivity index (χ2n) is 7.37. The lowest BCUT2D eigenvalue weighted by atomic mass is 10.1. The fourth-order valence-electron chi connectivity index (χ4n) is 3.09. The van der Waals surface area contributed by atoms with Gasteiger partial charge >= 0.3 is 11.8 Å². The second-order valence-corrected chi connectivity index (χ2v) is 8.66. The van der Waals surface area contributed by atoms with Crippen molar-refractivity contribution in [2.45, 2.75) is 20.5 Å². The summed E-state index contributed by atoms with van der Waals surface area (Å²) in [6.07, 6.45) is 1.40. The Morgan fingerprint density at radius 2 is 1.74 bits per heavy atom. The molecular formula is C25H23BrClN3O4. The number of para-hydroxylation sites is 1. The molecule has 0 aromatic heterocycles. The number of nitrogens with one attached hydrogen (secondary N) is 2. The monoisotopic (exact) mass is 543 g/mol. The Hall–Kier alpha value is -3.36. The number of nitrogens with zero attached hydrogens (tertiary/aromatic N) is 1. The molecular weight excluding hydrogens is 522 g/mol. The molecule has 2 N–H and O–H groups in total. The minimum atomic E-state index is -0.882. The molecule has 0 spiro atoms. The van der Waals surface area contributed by atoms with Gasteiger partial charge in [-0.15, -0.1) is 0 Å². The number of hydrogen-bond acceptors (Lipinski definition) is 5. The number of carbonyl (C=O) groups is 2. The lowest BCUT2D eigenvalue weighted by Gasteiger charge is -2.13. The number of rotatable bonds is 7. The van der Waals surface area contributed by atoms with Crippen molar-refractivity contribution in [3.63, 3.8) is 0 Å². The third-order valence-electron chi connectivity index (χ3n) is 4.85. The van der Waals surface area contributed by atoms with E-state index in [2.05, 4.69) is 31.8 Å². The molecule has 0 saturated heterocycles. The van der Waals surface area contributed by atoms with Gasteiger partial charge in [0, 0.05) is 10.7 Å². The predicted octanol–water partition coefficient (Wildman–Crippen LogP) is 5.40. The Morgan fingerprint density at radius 1 is 1.06 bits per heavy atom. The maximum atomic E-state index is 12.2. The minimum Gasteiger partial charge on any atom is -0.493 e. The molecule has 0 aliphatic carbocycles. The Bertz CT molecular complexity index is 1210. The molecule has 0 aliphatic heterocycles. The van der Waals surface area contributed by atoms with Gasteiger partial charge in [-0.05, 0) is 76.3 Å². The molecule has 34 heavy (non-hydrogen) atoms. The van der Waals surface area contributed by atoms with Crippen molar-refractivity contribution in [3.8, 4) is 11.5 Å². The van der Waals surface area contributed by atoms with E-state index in [1.54, 1.807) is 24.3 Å². The molecule has 9 heteroatoms. The fraction of sp³-hybridized carbons (Fsp3) is 0.160. The third kappa shape index (κ3) is 6.59. The average molecular weight is 545 g/mol. The Balaban J connectivity index is 1.63. The molecule has 2 amide bonds. The highest BCUT2D eigenvalue weighted by atomic mass is 79.9. The van der Waals surface area contributed by atoms with Crippen molar-refractivity contribution < 1.29 is 19.1 Å². The number of halogens is 2. The molecule has 0 atom stereocenters. The highest BCUT2D eigenvalue weighted by Gasteiger charge is 2.15. The van der Waals surface area contributed by atoms with E-state index in [9.17, 15) is 9.59 Å². The number of anilines is 1. The van der Waals surface area contributed by atoms with Crippen LogP contribution in [0.15, 0.2) is 64.2 Å². The quantitative estimate of drug-likeness (QED) is 0.237. The van der Waals surface area contributed by atoms with E-state index in [4.69, 9.17) is 21.1 Å². The molecule has 0 radical (unpaired) electrons. The summed E-state index contributed by atoms with van der Waals surface area (Å²) in [6.45, 7) is 4.03. The molecule has 7 nitrogen and oxygen atoms in total. The summed E-state index contributed by atoms with van der Waals surface area (Å²) in [5.41, 5.74) is 6.13. The molecule has 0 fully saturated rings. The van der Waals surface area contributed by atoms with E-state index >= 15 is 0 Å². The number of hydrogen-bond donors (Lipinski definition) is 2. The number of ether oxygens (including phenoxy) is 2. The van der Waals surface area contributed by atoms with Crippen molar-refractivity contribution in [1.29, 1.82) is 0 Å². The lowest BCUT2D eigenvalue weighted by molar-refractivity contribution is -0.136. The maximum Gasteiger partial charge on any atom is 0.329 e. The topological polar surface area (TPSA) is 89.0 Å². The molecule has 0 bridgehead atoms. The van der Waals surface area contributed by atoms with Gasteiger partial charge in [-0.1, -0.05) is 41.9 Å². The summed E-state index contributed by atoms with van der Waals surface area (Å²) >= 11 is 9.40. The van der Waals surface area contributed by atoms with Gasteiger partial charge < -0.3 is 14.8 Å². The molecule has 0 aliphatic rings. The van der Waals surface area contributed by atoms with Crippen molar-refractivity contribution in [2.75, 3.05) is 12.4 Å². The average Bonchev–Trinajstić information content (AvgIpc) is 2.81. The summed E-state index contributed by atoms with van der Waals surface area (Å²) in [6, 6.07) is 16.4. The number of hydrazone groups is 1. The lowest BCUT2D eigenvalue weighted by Crippen LogP contribution is -2.32. The fourth-order valence-corrected chi connectivity index (χ4v) is 3.79. The summed E-state index contributed by atoms with van der Waals surface area (Å²) < 4.78 is 12.0. The Morgan fingerprint density at radius 3 is 2.38 bits per heavy atom. The van der Waals surface area contributed by atoms with Crippen LogP contribution in [0.2, 0.25) is 5.02 Å². The first-order valence-corrected chi connectivity index (χ1v) is 11.4. The molecule has 0 saturated carbocycles. The molecule has 3 aromatic carbocycles. The summed E-state index contributed by atoms with van der Waals surface area (Å²) in [5, 5.41) is 7.15. The van der Waals surface area contributed by atoms with Gasteiger partial charge in [0.2, 0.25) is 0 Å².